The summed E-state index contributed by atoms with van der Waals surface area (Å²) in [6, 6.07) is 10.3. The number of hydrogen-bond donors (Lipinski definition) is 2. The first-order chi connectivity index (χ1) is 8.28. The number of hydrogen-bond acceptors (Lipinski definition) is 2. The average molecular weight is 242 g/mol. The smallest absolute Gasteiger partial charge is 0.0567 e. The van der Waals surface area contributed by atoms with Crippen molar-refractivity contribution in [3.63, 3.8) is 0 Å². The lowest BCUT2D eigenvalue weighted by Gasteiger charge is -1.92. The molecule has 3 heteroatoms. The minimum absolute atomic E-state index is 0.831. The Morgan fingerprint density at radius 3 is 2.88 bits per heavy atom. The number of aromatic nitrogens is 1. The third-order valence-electron chi connectivity index (χ3n) is 3.03. The molecule has 3 N–H and O–H groups in total. The Labute approximate surface area is 104 Å². The SMILES string of the molecule is CCc1csc(-c2cc3c(N)cccc3[nH]2)c1. The second-order valence-corrected chi connectivity index (χ2v) is 5.08. The van der Waals surface area contributed by atoms with Crippen LogP contribution in [0.1, 0.15) is 12.5 Å². The molecule has 0 amide bonds. The molecule has 3 aromatic rings. The molecule has 17 heavy (non-hydrogen) atoms. The molecule has 3 rings (SSSR count). The van der Waals surface area contributed by atoms with Crippen LogP contribution in [0, 0.1) is 0 Å². The molecule has 2 heterocycles. The van der Waals surface area contributed by atoms with Crippen LogP contribution < -0.4 is 5.73 Å². The van der Waals surface area contributed by atoms with Crippen LogP contribution in [0.5, 0.6) is 0 Å². The summed E-state index contributed by atoms with van der Waals surface area (Å²) in [6.07, 6.45) is 1.08. The van der Waals surface area contributed by atoms with Crippen molar-refractivity contribution in [3.8, 4) is 10.6 Å². The van der Waals surface area contributed by atoms with Gasteiger partial charge in [-0.3, -0.25) is 0 Å². The van der Waals surface area contributed by atoms with Gasteiger partial charge in [-0.25, -0.2) is 0 Å². The summed E-state index contributed by atoms with van der Waals surface area (Å²) in [6.45, 7) is 2.18. The molecule has 0 fully saturated rings. The van der Waals surface area contributed by atoms with Gasteiger partial charge in [0.25, 0.3) is 0 Å². The summed E-state index contributed by atoms with van der Waals surface area (Å²) in [7, 11) is 0. The summed E-state index contributed by atoms with van der Waals surface area (Å²) in [4.78, 5) is 4.70. The molecule has 0 aliphatic heterocycles. The van der Waals surface area contributed by atoms with E-state index in [1.807, 2.05) is 12.1 Å². The summed E-state index contributed by atoms with van der Waals surface area (Å²) in [5.74, 6) is 0. The van der Waals surface area contributed by atoms with Crippen LogP contribution in [0.25, 0.3) is 21.5 Å². The number of benzene rings is 1. The molecule has 0 saturated carbocycles. The minimum atomic E-state index is 0.831. The summed E-state index contributed by atoms with van der Waals surface area (Å²) < 4.78 is 0. The van der Waals surface area contributed by atoms with Crippen LogP contribution in [0.15, 0.2) is 35.7 Å². The number of aromatic amines is 1. The van der Waals surface area contributed by atoms with Crippen molar-refractivity contribution < 1.29 is 0 Å². The molecular formula is C14H14N2S. The van der Waals surface area contributed by atoms with E-state index in [2.05, 4.69) is 35.5 Å². The Kier molecular flexibility index (Phi) is 2.41. The number of nitrogen functional groups attached to an aromatic ring is 1. The van der Waals surface area contributed by atoms with Gasteiger partial charge in [0.15, 0.2) is 0 Å². The van der Waals surface area contributed by atoms with E-state index in [0.717, 1.165) is 28.7 Å². The van der Waals surface area contributed by atoms with Gasteiger partial charge in [-0.2, -0.15) is 0 Å². The van der Waals surface area contributed by atoms with E-state index >= 15 is 0 Å². The first-order valence-electron chi connectivity index (χ1n) is 5.73. The van der Waals surface area contributed by atoms with Gasteiger partial charge in [0, 0.05) is 16.6 Å². The number of H-pyrrole nitrogens is 1. The molecule has 0 radical (unpaired) electrons. The van der Waals surface area contributed by atoms with Gasteiger partial charge in [0.05, 0.1) is 10.6 Å². The minimum Gasteiger partial charge on any atom is -0.398 e. The van der Waals surface area contributed by atoms with Crippen molar-refractivity contribution in [1.82, 2.24) is 4.98 Å². The zero-order valence-electron chi connectivity index (χ0n) is 9.66. The normalized spacial score (nSPS) is 11.1. The summed E-state index contributed by atoms with van der Waals surface area (Å²) in [5.41, 5.74) is 10.4. The quantitative estimate of drug-likeness (QED) is 0.654. The molecule has 1 aromatic carbocycles. The maximum atomic E-state index is 5.96. The van der Waals surface area contributed by atoms with Gasteiger partial charge in [0.1, 0.15) is 0 Å². The number of thiophene rings is 1. The Morgan fingerprint density at radius 2 is 2.18 bits per heavy atom. The lowest BCUT2D eigenvalue weighted by molar-refractivity contribution is 1.16. The van der Waals surface area contributed by atoms with Crippen LogP contribution >= 0.6 is 11.3 Å². The van der Waals surface area contributed by atoms with E-state index in [-0.39, 0.29) is 0 Å². The predicted molar refractivity (Wildman–Crippen MR) is 75.4 cm³/mol. The molecule has 0 aliphatic rings. The molecule has 0 unspecified atom stereocenters. The second kappa shape index (κ2) is 3.93. The number of nitrogens with two attached hydrogens (primary N) is 1. The van der Waals surface area contributed by atoms with Gasteiger partial charge < -0.3 is 10.7 Å². The molecule has 0 spiro atoms. The van der Waals surface area contributed by atoms with Crippen molar-refractivity contribution >= 4 is 27.9 Å². The van der Waals surface area contributed by atoms with Crippen molar-refractivity contribution in [2.45, 2.75) is 13.3 Å². The van der Waals surface area contributed by atoms with Crippen molar-refractivity contribution in [3.05, 3.63) is 41.3 Å². The molecule has 2 aromatic heterocycles. The predicted octanol–water partition coefficient (Wildman–Crippen LogP) is 4.04. The maximum Gasteiger partial charge on any atom is 0.0567 e. The molecular weight excluding hydrogens is 228 g/mol. The average Bonchev–Trinajstić information content (AvgIpc) is 2.95. The van der Waals surface area contributed by atoms with Crippen molar-refractivity contribution in [1.29, 1.82) is 0 Å². The van der Waals surface area contributed by atoms with Gasteiger partial charge in [-0.15, -0.1) is 11.3 Å². The van der Waals surface area contributed by atoms with E-state index in [4.69, 9.17) is 5.73 Å². The second-order valence-electron chi connectivity index (χ2n) is 4.16. The van der Waals surface area contributed by atoms with Crippen molar-refractivity contribution in [2.24, 2.45) is 0 Å². The maximum absolute atomic E-state index is 5.96. The molecule has 0 aliphatic carbocycles. The molecule has 2 nitrogen and oxygen atoms in total. The lowest BCUT2D eigenvalue weighted by Crippen LogP contribution is -1.82. The first-order valence-corrected chi connectivity index (χ1v) is 6.61. The van der Waals surface area contributed by atoms with E-state index in [1.165, 1.54) is 10.4 Å². The van der Waals surface area contributed by atoms with Crippen LogP contribution in [-0.2, 0) is 6.42 Å². The molecule has 0 atom stereocenters. The highest BCUT2D eigenvalue weighted by Crippen LogP contribution is 2.31. The number of rotatable bonds is 2. The van der Waals surface area contributed by atoms with E-state index in [9.17, 15) is 0 Å². The Balaban J connectivity index is 2.14. The highest BCUT2D eigenvalue weighted by Gasteiger charge is 2.07. The van der Waals surface area contributed by atoms with Gasteiger partial charge in [0.2, 0.25) is 0 Å². The molecule has 0 saturated heterocycles. The van der Waals surface area contributed by atoms with E-state index in [1.54, 1.807) is 11.3 Å². The largest absolute Gasteiger partial charge is 0.398 e. The number of nitrogens with one attached hydrogen (secondary N) is 1. The lowest BCUT2D eigenvalue weighted by atomic mass is 10.2. The highest BCUT2D eigenvalue weighted by atomic mass is 32.1. The third kappa shape index (κ3) is 1.72. The van der Waals surface area contributed by atoms with Crippen LogP contribution in [-0.4, -0.2) is 4.98 Å². The van der Waals surface area contributed by atoms with Crippen LogP contribution in [0.4, 0.5) is 5.69 Å². The molecule has 86 valence electrons. The van der Waals surface area contributed by atoms with Gasteiger partial charge >= 0.3 is 0 Å². The van der Waals surface area contributed by atoms with Gasteiger partial charge in [-0.05, 0) is 41.6 Å². The zero-order chi connectivity index (χ0) is 11.8. The van der Waals surface area contributed by atoms with E-state index in [0.29, 0.717) is 0 Å². The number of aryl methyl sites for hydroxylation is 1. The van der Waals surface area contributed by atoms with Gasteiger partial charge in [-0.1, -0.05) is 13.0 Å². The first kappa shape index (κ1) is 10.4. The number of anilines is 1. The zero-order valence-corrected chi connectivity index (χ0v) is 10.5. The fraction of sp³-hybridized carbons (Fsp3) is 0.143. The Hall–Kier alpha value is -1.74. The third-order valence-corrected chi connectivity index (χ3v) is 4.04. The topological polar surface area (TPSA) is 41.8 Å². The molecule has 0 bridgehead atoms. The van der Waals surface area contributed by atoms with Crippen LogP contribution in [0.3, 0.4) is 0 Å². The summed E-state index contributed by atoms with van der Waals surface area (Å²) in [5, 5.41) is 3.32. The Bertz CT molecular complexity index is 664. The fourth-order valence-corrected chi connectivity index (χ4v) is 2.98. The Morgan fingerprint density at radius 1 is 1.29 bits per heavy atom. The fourth-order valence-electron chi connectivity index (χ4n) is 2.01. The number of fused-ring (bicyclic) bond motifs is 1. The van der Waals surface area contributed by atoms with E-state index < -0.39 is 0 Å². The summed E-state index contributed by atoms with van der Waals surface area (Å²) >= 11 is 1.78. The van der Waals surface area contributed by atoms with Crippen molar-refractivity contribution in [2.75, 3.05) is 5.73 Å². The standard InChI is InChI=1S/C14H14N2S/c1-2-9-6-14(17-8-9)13-7-10-11(15)4-3-5-12(10)16-13/h3-8,16H,2,15H2,1H3. The monoisotopic (exact) mass is 242 g/mol. The van der Waals surface area contributed by atoms with Crippen LogP contribution in [0.2, 0.25) is 0 Å². The highest BCUT2D eigenvalue weighted by molar-refractivity contribution is 7.13.